The molecule has 0 saturated carbocycles. The quantitative estimate of drug-likeness (QED) is 0.183. The number of benzene rings is 8. The van der Waals surface area contributed by atoms with Gasteiger partial charge in [-0.15, -0.1) is 0 Å². The van der Waals surface area contributed by atoms with Gasteiger partial charge in [0, 0.05) is 38.5 Å². The Morgan fingerprint density at radius 2 is 0.755 bits per heavy atom. The third kappa shape index (κ3) is 4.35. The van der Waals surface area contributed by atoms with E-state index in [-0.39, 0.29) is 0 Å². The first kappa shape index (κ1) is 27.5. The van der Waals surface area contributed by atoms with Gasteiger partial charge in [-0.05, 0) is 45.1 Å². The zero-order valence-electron chi connectivity index (χ0n) is 26.5. The molecule has 10 aromatic rings. The van der Waals surface area contributed by atoms with Crippen LogP contribution in [0.25, 0.3) is 94.0 Å². The van der Waals surface area contributed by atoms with Gasteiger partial charge >= 0.3 is 0 Å². The summed E-state index contributed by atoms with van der Waals surface area (Å²) >= 11 is 0. The van der Waals surface area contributed by atoms with Crippen molar-refractivity contribution in [1.29, 1.82) is 0 Å². The van der Waals surface area contributed by atoms with Gasteiger partial charge in [0.2, 0.25) is 0 Å². The molecule has 2 aromatic heterocycles. The molecule has 0 aliphatic heterocycles. The van der Waals surface area contributed by atoms with Crippen LogP contribution in [0.3, 0.4) is 0 Å². The first-order valence-electron chi connectivity index (χ1n) is 16.5. The standard InChI is InChI=1S/C45H28N4/c1-4-14-29(15-5-1)43-46-44(30-16-6-2-7-17-30)48-45(47-43)31-24-25-36-39-27-26-38-35-22-11-10-20-33(35)34-21-12-13-23-37(34)41(38)42(39)49(40(36)28-31)32-18-8-3-9-19-32/h1-28H. The van der Waals surface area contributed by atoms with Crippen LogP contribution in [0.15, 0.2) is 170 Å². The highest BCUT2D eigenvalue weighted by Gasteiger charge is 2.20. The minimum absolute atomic E-state index is 0.640. The zero-order valence-corrected chi connectivity index (χ0v) is 26.5. The summed E-state index contributed by atoms with van der Waals surface area (Å²) < 4.78 is 2.43. The highest BCUT2D eigenvalue weighted by Crippen LogP contribution is 2.43. The van der Waals surface area contributed by atoms with Gasteiger partial charge in [0.05, 0.1) is 11.0 Å². The molecule has 0 unspecified atom stereocenters. The van der Waals surface area contributed by atoms with Crippen molar-refractivity contribution in [2.75, 3.05) is 0 Å². The smallest absolute Gasteiger partial charge is 0.164 e. The van der Waals surface area contributed by atoms with E-state index in [1.165, 1.54) is 48.6 Å². The van der Waals surface area contributed by atoms with Crippen molar-refractivity contribution in [3.63, 3.8) is 0 Å². The Bertz CT molecular complexity index is 2770. The van der Waals surface area contributed by atoms with Crippen molar-refractivity contribution < 1.29 is 0 Å². The Labute approximate surface area is 282 Å². The summed E-state index contributed by atoms with van der Waals surface area (Å²) in [7, 11) is 0. The maximum absolute atomic E-state index is 5.06. The summed E-state index contributed by atoms with van der Waals surface area (Å²) in [4.78, 5) is 15.0. The molecule has 228 valence electrons. The number of nitrogens with zero attached hydrogens (tertiary/aromatic N) is 4. The van der Waals surface area contributed by atoms with Crippen LogP contribution in [0.1, 0.15) is 0 Å². The van der Waals surface area contributed by atoms with Gasteiger partial charge in [-0.25, -0.2) is 15.0 Å². The lowest BCUT2D eigenvalue weighted by Gasteiger charge is -2.14. The normalized spacial score (nSPS) is 11.7. The van der Waals surface area contributed by atoms with E-state index >= 15 is 0 Å². The Kier molecular flexibility index (Phi) is 6.15. The van der Waals surface area contributed by atoms with Gasteiger partial charge in [-0.1, -0.05) is 152 Å². The third-order valence-corrected chi connectivity index (χ3v) is 9.61. The van der Waals surface area contributed by atoms with Crippen molar-refractivity contribution in [3.8, 4) is 39.9 Å². The number of rotatable bonds is 4. The van der Waals surface area contributed by atoms with Crippen LogP contribution < -0.4 is 0 Å². The molecular formula is C45H28N4. The van der Waals surface area contributed by atoms with E-state index in [1.807, 2.05) is 60.7 Å². The van der Waals surface area contributed by atoms with Gasteiger partial charge in [0.1, 0.15) is 0 Å². The molecule has 4 heteroatoms. The van der Waals surface area contributed by atoms with Crippen molar-refractivity contribution in [3.05, 3.63) is 170 Å². The lowest BCUT2D eigenvalue weighted by Crippen LogP contribution is -2.00. The predicted molar refractivity (Wildman–Crippen MR) is 203 cm³/mol. The fraction of sp³-hybridized carbons (Fsp3) is 0. The first-order valence-corrected chi connectivity index (χ1v) is 16.5. The monoisotopic (exact) mass is 624 g/mol. The van der Waals surface area contributed by atoms with Gasteiger partial charge in [0.15, 0.2) is 17.5 Å². The molecule has 0 saturated heterocycles. The maximum Gasteiger partial charge on any atom is 0.164 e. The van der Waals surface area contributed by atoms with Crippen LogP contribution in [0.4, 0.5) is 0 Å². The lowest BCUT2D eigenvalue weighted by molar-refractivity contribution is 1.07. The molecule has 2 heterocycles. The van der Waals surface area contributed by atoms with E-state index in [9.17, 15) is 0 Å². The van der Waals surface area contributed by atoms with E-state index in [2.05, 4.69) is 114 Å². The summed E-state index contributed by atoms with van der Waals surface area (Å²) in [5.41, 5.74) is 6.25. The number of fused-ring (bicyclic) bond motifs is 10. The molecule has 0 aliphatic carbocycles. The fourth-order valence-electron chi connectivity index (χ4n) is 7.41. The highest BCUT2D eigenvalue weighted by atomic mass is 15.0. The molecule has 0 atom stereocenters. The van der Waals surface area contributed by atoms with Crippen LogP contribution >= 0.6 is 0 Å². The van der Waals surface area contributed by atoms with Crippen molar-refractivity contribution in [2.45, 2.75) is 0 Å². The predicted octanol–water partition coefficient (Wildman–Crippen LogP) is 11.4. The molecule has 49 heavy (non-hydrogen) atoms. The van der Waals surface area contributed by atoms with Crippen LogP contribution in [0, 0.1) is 0 Å². The molecule has 0 spiro atoms. The first-order chi connectivity index (χ1) is 24.3. The second-order valence-corrected chi connectivity index (χ2v) is 12.4. The summed E-state index contributed by atoms with van der Waals surface area (Å²) in [6.07, 6.45) is 0. The number of hydrogen-bond acceptors (Lipinski definition) is 3. The highest BCUT2D eigenvalue weighted by molar-refractivity contribution is 6.33. The molecule has 0 N–H and O–H groups in total. The molecule has 0 bridgehead atoms. The van der Waals surface area contributed by atoms with Gasteiger partial charge in [-0.3, -0.25) is 0 Å². The molecule has 0 aliphatic rings. The van der Waals surface area contributed by atoms with Crippen molar-refractivity contribution in [2.24, 2.45) is 0 Å². The van der Waals surface area contributed by atoms with E-state index < -0.39 is 0 Å². The number of para-hydroxylation sites is 1. The van der Waals surface area contributed by atoms with Gasteiger partial charge < -0.3 is 4.57 Å². The molecule has 10 rings (SSSR count). The summed E-state index contributed by atoms with van der Waals surface area (Å²) in [5, 5.41) is 9.94. The number of hydrogen-bond donors (Lipinski definition) is 0. The largest absolute Gasteiger partial charge is 0.309 e. The van der Waals surface area contributed by atoms with E-state index in [1.54, 1.807) is 0 Å². The Morgan fingerprint density at radius 3 is 1.35 bits per heavy atom. The topological polar surface area (TPSA) is 43.6 Å². The zero-order chi connectivity index (χ0) is 32.3. The lowest BCUT2D eigenvalue weighted by atomic mass is 9.93. The second-order valence-electron chi connectivity index (χ2n) is 12.4. The molecule has 4 nitrogen and oxygen atoms in total. The third-order valence-electron chi connectivity index (χ3n) is 9.61. The van der Waals surface area contributed by atoms with Crippen LogP contribution in [-0.2, 0) is 0 Å². The summed E-state index contributed by atoms with van der Waals surface area (Å²) in [5.74, 6) is 1.94. The van der Waals surface area contributed by atoms with Gasteiger partial charge in [0.25, 0.3) is 0 Å². The van der Waals surface area contributed by atoms with Crippen LogP contribution in [0.2, 0.25) is 0 Å². The van der Waals surface area contributed by atoms with Crippen LogP contribution in [0.5, 0.6) is 0 Å². The number of aromatic nitrogens is 4. The average Bonchev–Trinajstić information content (AvgIpc) is 3.52. The molecular weight excluding hydrogens is 597 g/mol. The summed E-state index contributed by atoms with van der Waals surface area (Å²) in [6.45, 7) is 0. The molecule has 0 amide bonds. The van der Waals surface area contributed by atoms with E-state index in [0.29, 0.717) is 17.5 Å². The second kappa shape index (κ2) is 11.0. The Hall–Kier alpha value is -6.65. The summed E-state index contributed by atoms with van der Waals surface area (Å²) in [6, 6.07) is 59.7. The molecule has 8 aromatic carbocycles. The Balaban J connectivity index is 1.32. The fourth-order valence-corrected chi connectivity index (χ4v) is 7.41. The minimum atomic E-state index is 0.640. The van der Waals surface area contributed by atoms with Crippen LogP contribution in [-0.4, -0.2) is 19.5 Å². The molecule has 0 fully saturated rings. The van der Waals surface area contributed by atoms with Gasteiger partial charge in [-0.2, -0.15) is 0 Å². The van der Waals surface area contributed by atoms with E-state index in [0.717, 1.165) is 27.9 Å². The average molecular weight is 625 g/mol. The maximum atomic E-state index is 5.06. The van der Waals surface area contributed by atoms with Crippen molar-refractivity contribution >= 4 is 54.1 Å². The minimum Gasteiger partial charge on any atom is -0.309 e. The SMILES string of the molecule is c1ccc(-c2nc(-c3ccccc3)nc(-c3ccc4c5ccc6c7ccccc7c7ccccc7c6c5n(-c5ccccc5)c4c3)n2)cc1. The van der Waals surface area contributed by atoms with E-state index in [4.69, 9.17) is 15.0 Å². The van der Waals surface area contributed by atoms with Crippen molar-refractivity contribution in [1.82, 2.24) is 19.5 Å². The molecule has 0 radical (unpaired) electrons. The Morgan fingerprint density at radius 1 is 0.327 bits per heavy atom.